The quantitative estimate of drug-likeness (QED) is 0.775. The first-order valence-corrected chi connectivity index (χ1v) is 7.76. The van der Waals surface area contributed by atoms with E-state index in [1.54, 1.807) is 25.8 Å². The van der Waals surface area contributed by atoms with Gasteiger partial charge in [0.1, 0.15) is 0 Å². The predicted molar refractivity (Wildman–Crippen MR) is 67.6 cm³/mol. The largest absolute Gasteiger partial charge is 0.337 e. The standard InChI is InChI=1S/C11H22N2O3S/c1-5-13(10(14)11(2,3)12-4)9-6-7-17(15,16)8-9/h9,12H,5-8H2,1-4H3. The minimum Gasteiger partial charge on any atom is -0.337 e. The van der Waals surface area contributed by atoms with E-state index >= 15 is 0 Å². The summed E-state index contributed by atoms with van der Waals surface area (Å²) in [4.78, 5) is 14.0. The van der Waals surface area contributed by atoms with Gasteiger partial charge in [-0.1, -0.05) is 0 Å². The van der Waals surface area contributed by atoms with Crippen LogP contribution < -0.4 is 5.32 Å². The normalized spacial score (nSPS) is 23.6. The summed E-state index contributed by atoms with van der Waals surface area (Å²) in [7, 11) is -1.22. The molecule has 0 aromatic carbocycles. The third-order valence-corrected chi connectivity index (χ3v) is 5.16. The molecular formula is C11H22N2O3S. The van der Waals surface area contributed by atoms with Gasteiger partial charge in [0.2, 0.25) is 5.91 Å². The summed E-state index contributed by atoms with van der Waals surface area (Å²) in [5.41, 5.74) is -0.650. The number of amides is 1. The number of carbonyl (C=O) groups is 1. The molecule has 1 fully saturated rings. The molecule has 1 aliphatic heterocycles. The molecule has 1 unspecified atom stereocenters. The Labute approximate surface area is 103 Å². The Hall–Kier alpha value is -0.620. The molecule has 6 heteroatoms. The highest BCUT2D eigenvalue weighted by molar-refractivity contribution is 7.91. The Balaban J connectivity index is 2.83. The van der Waals surface area contributed by atoms with E-state index in [1.807, 2.05) is 6.92 Å². The summed E-state index contributed by atoms with van der Waals surface area (Å²) < 4.78 is 22.9. The lowest BCUT2D eigenvalue weighted by molar-refractivity contribution is -0.138. The number of rotatable bonds is 4. The summed E-state index contributed by atoms with van der Waals surface area (Å²) in [5.74, 6) is 0.262. The van der Waals surface area contributed by atoms with E-state index in [2.05, 4.69) is 5.32 Å². The van der Waals surface area contributed by atoms with Crippen molar-refractivity contribution in [3.8, 4) is 0 Å². The number of carbonyl (C=O) groups excluding carboxylic acids is 1. The average Bonchev–Trinajstić information content (AvgIpc) is 2.60. The molecule has 1 rings (SSSR count). The van der Waals surface area contributed by atoms with Gasteiger partial charge >= 0.3 is 0 Å². The number of nitrogens with zero attached hydrogens (tertiary/aromatic N) is 1. The van der Waals surface area contributed by atoms with Crippen LogP contribution in [-0.4, -0.2) is 55.9 Å². The van der Waals surface area contributed by atoms with Crippen molar-refractivity contribution in [2.45, 2.75) is 38.8 Å². The van der Waals surface area contributed by atoms with E-state index in [4.69, 9.17) is 0 Å². The lowest BCUT2D eigenvalue weighted by Gasteiger charge is -2.34. The van der Waals surface area contributed by atoms with Crippen molar-refractivity contribution in [3.63, 3.8) is 0 Å². The zero-order valence-electron chi connectivity index (χ0n) is 11.0. The fraction of sp³-hybridized carbons (Fsp3) is 0.909. The van der Waals surface area contributed by atoms with Gasteiger partial charge in [-0.05, 0) is 34.2 Å². The maximum absolute atomic E-state index is 12.3. The summed E-state index contributed by atoms with van der Waals surface area (Å²) in [6.07, 6.45) is 0.557. The van der Waals surface area contributed by atoms with Gasteiger partial charge in [0.25, 0.3) is 0 Å². The van der Waals surface area contributed by atoms with Gasteiger partial charge in [0, 0.05) is 12.6 Å². The molecule has 1 heterocycles. The predicted octanol–water partition coefficient (Wildman–Crippen LogP) is 0.0200. The Morgan fingerprint density at radius 1 is 1.47 bits per heavy atom. The van der Waals surface area contributed by atoms with Gasteiger partial charge in [-0.2, -0.15) is 0 Å². The van der Waals surface area contributed by atoms with Gasteiger partial charge in [-0.15, -0.1) is 0 Å². The van der Waals surface area contributed by atoms with Crippen LogP contribution >= 0.6 is 0 Å². The molecule has 1 N–H and O–H groups in total. The summed E-state index contributed by atoms with van der Waals surface area (Å²) in [6, 6.07) is -0.162. The summed E-state index contributed by atoms with van der Waals surface area (Å²) in [5, 5.41) is 2.96. The van der Waals surface area contributed by atoms with Gasteiger partial charge in [0.15, 0.2) is 9.84 Å². The zero-order valence-corrected chi connectivity index (χ0v) is 11.8. The number of nitrogens with one attached hydrogen (secondary N) is 1. The molecule has 0 spiro atoms. The van der Waals surface area contributed by atoms with Gasteiger partial charge in [0.05, 0.1) is 17.0 Å². The first-order chi connectivity index (χ1) is 7.73. The van der Waals surface area contributed by atoms with Crippen molar-refractivity contribution in [2.24, 2.45) is 0 Å². The van der Waals surface area contributed by atoms with Gasteiger partial charge < -0.3 is 10.2 Å². The number of hydrogen-bond acceptors (Lipinski definition) is 4. The molecule has 0 aromatic heterocycles. The molecule has 17 heavy (non-hydrogen) atoms. The second kappa shape index (κ2) is 4.94. The van der Waals surface area contributed by atoms with E-state index in [1.165, 1.54) is 0 Å². The Kier molecular flexibility index (Phi) is 4.19. The minimum atomic E-state index is -2.95. The van der Waals surface area contributed by atoms with Crippen LogP contribution in [0.15, 0.2) is 0 Å². The molecule has 100 valence electrons. The fourth-order valence-corrected chi connectivity index (χ4v) is 3.79. The Bertz CT molecular complexity index is 390. The van der Waals surface area contributed by atoms with Crippen LogP contribution in [0.25, 0.3) is 0 Å². The molecule has 1 amide bonds. The van der Waals surface area contributed by atoms with Crippen LogP contribution in [-0.2, 0) is 14.6 Å². The molecule has 0 aromatic rings. The highest BCUT2D eigenvalue weighted by atomic mass is 32.2. The van der Waals surface area contributed by atoms with Crippen molar-refractivity contribution >= 4 is 15.7 Å². The zero-order chi connectivity index (χ0) is 13.3. The molecule has 1 saturated heterocycles. The number of likely N-dealkylation sites (N-methyl/N-ethyl adjacent to an activating group) is 2. The van der Waals surface area contributed by atoms with Crippen LogP contribution in [0.4, 0.5) is 0 Å². The van der Waals surface area contributed by atoms with Crippen molar-refractivity contribution in [1.82, 2.24) is 10.2 Å². The van der Waals surface area contributed by atoms with E-state index in [9.17, 15) is 13.2 Å². The maximum atomic E-state index is 12.3. The Morgan fingerprint density at radius 3 is 2.41 bits per heavy atom. The van der Waals surface area contributed by atoms with E-state index < -0.39 is 15.4 Å². The summed E-state index contributed by atoms with van der Waals surface area (Å²) >= 11 is 0. The molecule has 1 aliphatic rings. The molecule has 1 atom stereocenters. The molecule has 0 aliphatic carbocycles. The molecule has 0 radical (unpaired) electrons. The van der Waals surface area contributed by atoms with Crippen molar-refractivity contribution in [3.05, 3.63) is 0 Å². The smallest absolute Gasteiger partial charge is 0.242 e. The summed E-state index contributed by atoms with van der Waals surface area (Å²) in [6.45, 7) is 6.04. The van der Waals surface area contributed by atoms with Crippen LogP contribution in [0, 0.1) is 0 Å². The second-order valence-corrected chi connectivity index (χ2v) is 7.25. The second-order valence-electron chi connectivity index (χ2n) is 5.02. The highest BCUT2D eigenvalue weighted by Crippen LogP contribution is 2.20. The van der Waals surface area contributed by atoms with E-state index in [0.29, 0.717) is 13.0 Å². The van der Waals surface area contributed by atoms with Gasteiger partial charge in [-0.25, -0.2) is 8.42 Å². The molecular weight excluding hydrogens is 240 g/mol. The third kappa shape index (κ3) is 3.19. The van der Waals surface area contributed by atoms with Gasteiger partial charge in [-0.3, -0.25) is 4.79 Å². The highest BCUT2D eigenvalue weighted by Gasteiger charge is 2.38. The van der Waals surface area contributed by atoms with E-state index in [0.717, 1.165) is 0 Å². The van der Waals surface area contributed by atoms with E-state index in [-0.39, 0.29) is 23.5 Å². The first kappa shape index (κ1) is 14.4. The topological polar surface area (TPSA) is 66.5 Å². The molecule has 5 nitrogen and oxygen atoms in total. The molecule has 0 bridgehead atoms. The first-order valence-electron chi connectivity index (χ1n) is 5.94. The lowest BCUT2D eigenvalue weighted by atomic mass is 10.0. The third-order valence-electron chi connectivity index (χ3n) is 3.41. The lowest BCUT2D eigenvalue weighted by Crippen LogP contribution is -2.55. The SMILES string of the molecule is CCN(C(=O)C(C)(C)NC)C1CCS(=O)(=O)C1. The monoisotopic (exact) mass is 262 g/mol. The van der Waals surface area contributed by atoms with Crippen LogP contribution in [0.5, 0.6) is 0 Å². The fourth-order valence-electron chi connectivity index (χ4n) is 2.05. The minimum absolute atomic E-state index is 0.0374. The average molecular weight is 262 g/mol. The van der Waals surface area contributed by atoms with Crippen LogP contribution in [0.2, 0.25) is 0 Å². The van der Waals surface area contributed by atoms with Crippen molar-refractivity contribution in [2.75, 3.05) is 25.1 Å². The number of hydrogen-bond donors (Lipinski definition) is 1. The van der Waals surface area contributed by atoms with Crippen molar-refractivity contribution < 1.29 is 13.2 Å². The van der Waals surface area contributed by atoms with Crippen molar-refractivity contribution in [1.29, 1.82) is 0 Å². The van der Waals surface area contributed by atoms with Crippen LogP contribution in [0.3, 0.4) is 0 Å². The van der Waals surface area contributed by atoms with Crippen LogP contribution in [0.1, 0.15) is 27.2 Å². The molecule has 0 saturated carbocycles. The number of sulfone groups is 1. The maximum Gasteiger partial charge on any atom is 0.242 e. The Morgan fingerprint density at radius 2 is 2.06 bits per heavy atom.